The first-order valence-electron chi connectivity index (χ1n) is 6.00. The Morgan fingerprint density at radius 1 is 1.05 bits per heavy atom. The molecule has 0 aliphatic rings. The molecule has 21 heavy (non-hydrogen) atoms. The van der Waals surface area contributed by atoms with Crippen LogP contribution in [0, 0.1) is 0 Å². The highest BCUT2D eigenvalue weighted by Crippen LogP contribution is 2.31. The number of carbonyl (C=O) groups is 1. The summed E-state index contributed by atoms with van der Waals surface area (Å²) in [5.74, 6) is -0.356. The minimum Gasteiger partial charge on any atom is -0.481 e. The number of alkyl halides is 3. The summed E-state index contributed by atoms with van der Waals surface area (Å²) in [6.45, 7) is 0. The fraction of sp³-hybridized carbons (Fsp3) is 0.133. The molecule has 0 saturated carbocycles. The lowest BCUT2D eigenvalue weighted by atomic mass is 10.1. The quantitative estimate of drug-likeness (QED) is 0.923. The summed E-state index contributed by atoms with van der Waals surface area (Å²) in [5.41, 5.74) is -0.207. The van der Waals surface area contributed by atoms with Gasteiger partial charge in [0.2, 0.25) is 0 Å². The van der Waals surface area contributed by atoms with Gasteiger partial charge in [-0.15, -0.1) is 0 Å². The molecule has 0 aromatic heterocycles. The van der Waals surface area contributed by atoms with Crippen LogP contribution in [0.1, 0.15) is 11.1 Å². The summed E-state index contributed by atoms with van der Waals surface area (Å²) in [6, 6.07) is 10.7. The van der Waals surface area contributed by atoms with E-state index in [1.165, 1.54) is 18.2 Å². The topological polar surface area (TPSA) is 46.5 Å². The molecule has 0 saturated heterocycles. The number of aliphatic carboxylic acids is 1. The highest BCUT2D eigenvalue weighted by atomic mass is 19.4. The molecule has 0 aliphatic heterocycles. The van der Waals surface area contributed by atoms with Crippen LogP contribution in [0.25, 0.3) is 0 Å². The number of rotatable bonds is 4. The fourth-order valence-electron chi connectivity index (χ4n) is 1.74. The molecule has 0 spiro atoms. The van der Waals surface area contributed by atoms with Crippen LogP contribution >= 0.6 is 0 Å². The van der Waals surface area contributed by atoms with Gasteiger partial charge in [-0.05, 0) is 42.0 Å². The molecule has 2 rings (SSSR count). The zero-order valence-electron chi connectivity index (χ0n) is 10.7. The molecular weight excluding hydrogens is 285 g/mol. The van der Waals surface area contributed by atoms with Crippen LogP contribution in [0.15, 0.2) is 48.5 Å². The lowest BCUT2D eigenvalue weighted by molar-refractivity contribution is -0.138. The summed E-state index contributed by atoms with van der Waals surface area (Å²) in [7, 11) is 0. The highest BCUT2D eigenvalue weighted by molar-refractivity contribution is 5.70. The number of carboxylic acid groups (broad SMARTS) is 1. The van der Waals surface area contributed by atoms with Crippen molar-refractivity contribution in [2.24, 2.45) is 0 Å². The minimum atomic E-state index is -4.39. The van der Waals surface area contributed by atoms with Gasteiger partial charge in [-0.3, -0.25) is 4.79 Å². The van der Waals surface area contributed by atoms with Gasteiger partial charge in [-0.25, -0.2) is 0 Å². The molecule has 0 atom stereocenters. The summed E-state index contributed by atoms with van der Waals surface area (Å²) < 4.78 is 42.7. The molecule has 1 N–H and O–H groups in total. The van der Waals surface area contributed by atoms with Crippen molar-refractivity contribution in [3.05, 3.63) is 59.7 Å². The molecule has 0 fully saturated rings. The average Bonchev–Trinajstić information content (AvgIpc) is 2.38. The van der Waals surface area contributed by atoms with E-state index >= 15 is 0 Å². The van der Waals surface area contributed by atoms with Crippen molar-refractivity contribution in [1.82, 2.24) is 0 Å². The van der Waals surface area contributed by atoms with E-state index in [-0.39, 0.29) is 12.2 Å². The first-order chi connectivity index (χ1) is 9.84. The van der Waals surface area contributed by atoms with E-state index in [0.29, 0.717) is 11.3 Å². The molecule has 2 aromatic rings. The Labute approximate surface area is 118 Å². The molecule has 0 radical (unpaired) electrons. The molecule has 3 nitrogen and oxygen atoms in total. The molecule has 0 unspecified atom stereocenters. The van der Waals surface area contributed by atoms with Crippen molar-refractivity contribution in [3.8, 4) is 11.5 Å². The SMILES string of the molecule is O=C(O)Cc1cccc(Oc2ccc(C(F)(F)F)cc2)c1. The molecule has 2 aromatic carbocycles. The average molecular weight is 296 g/mol. The van der Waals surface area contributed by atoms with Gasteiger partial charge in [0, 0.05) is 0 Å². The summed E-state index contributed by atoms with van der Waals surface area (Å²) >= 11 is 0. The van der Waals surface area contributed by atoms with Crippen molar-refractivity contribution in [2.75, 3.05) is 0 Å². The van der Waals surface area contributed by atoms with Crippen LogP contribution in [-0.2, 0) is 17.4 Å². The second kappa shape index (κ2) is 5.87. The number of benzene rings is 2. The molecule has 110 valence electrons. The molecule has 0 heterocycles. The zero-order valence-corrected chi connectivity index (χ0v) is 10.7. The molecular formula is C15H11F3O3. The lowest BCUT2D eigenvalue weighted by Crippen LogP contribution is -2.04. The Morgan fingerprint density at radius 3 is 2.29 bits per heavy atom. The van der Waals surface area contributed by atoms with Crippen LogP contribution in [0.5, 0.6) is 11.5 Å². The maximum Gasteiger partial charge on any atom is 0.416 e. The van der Waals surface area contributed by atoms with Gasteiger partial charge >= 0.3 is 12.1 Å². The monoisotopic (exact) mass is 296 g/mol. The van der Waals surface area contributed by atoms with Crippen LogP contribution in [0.3, 0.4) is 0 Å². The van der Waals surface area contributed by atoms with Gasteiger partial charge in [0.25, 0.3) is 0 Å². The molecule has 0 amide bonds. The van der Waals surface area contributed by atoms with Crippen molar-refractivity contribution >= 4 is 5.97 Å². The lowest BCUT2D eigenvalue weighted by Gasteiger charge is -2.09. The number of halogens is 3. The van der Waals surface area contributed by atoms with Gasteiger partial charge in [0.15, 0.2) is 0 Å². The van der Waals surface area contributed by atoms with E-state index in [0.717, 1.165) is 12.1 Å². The van der Waals surface area contributed by atoms with Crippen LogP contribution in [0.4, 0.5) is 13.2 Å². The van der Waals surface area contributed by atoms with Gasteiger partial charge in [0.05, 0.1) is 12.0 Å². The number of hydrogen-bond donors (Lipinski definition) is 1. The van der Waals surface area contributed by atoms with E-state index in [9.17, 15) is 18.0 Å². The smallest absolute Gasteiger partial charge is 0.416 e. The molecule has 0 bridgehead atoms. The van der Waals surface area contributed by atoms with Gasteiger partial charge in [-0.1, -0.05) is 12.1 Å². The van der Waals surface area contributed by atoms with Gasteiger partial charge in [0.1, 0.15) is 11.5 Å². The third-order valence-electron chi connectivity index (χ3n) is 2.67. The Morgan fingerprint density at radius 2 is 1.71 bits per heavy atom. The second-order valence-corrected chi connectivity index (χ2v) is 4.34. The number of ether oxygens (including phenoxy) is 1. The van der Waals surface area contributed by atoms with Crippen molar-refractivity contribution < 1.29 is 27.8 Å². The van der Waals surface area contributed by atoms with E-state index in [1.807, 2.05) is 0 Å². The normalized spacial score (nSPS) is 11.2. The largest absolute Gasteiger partial charge is 0.481 e. The van der Waals surface area contributed by atoms with Crippen molar-refractivity contribution in [1.29, 1.82) is 0 Å². The first-order valence-corrected chi connectivity index (χ1v) is 6.00. The van der Waals surface area contributed by atoms with Crippen LogP contribution in [-0.4, -0.2) is 11.1 Å². The Balaban J connectivity index is 2.13. The predicted octanol–water partition coefficient (Wildman–Crippen LogP) is 4.12. The van der Waals surface area contributed by atoms with Crippen molar-refractivity contribution in [2.45, 2.75) is 12.6 Å². The van der Waals surface area contributed by atoms with Crippen molar-refractivity contribution in [3.63, 3.8) is 0 Å². The summed E-state index contributed by atoms with van der Waals surface area (Å²) in [5, 5.41) is 8.71. The maximum atomic E-state index is 12.4. The first kappa shape index (κ1) is 14.9. The second-order valence-electron chi connectivity index (χ2n) is 4.34. The maximum absolute atomic E-state index is 12.4. The molecule has 6 heteroatoms. The zero-order chi connectivity index (χ0) is 15.5. The predicted molar refractivity (Wildman–Crippen MR) is 69.3 cm³/mol. The summed E-state index contributed by atoms with van der Waals surface area (Å²) in [4.78, 5) is 10.6. The Hall–Kier alpha value is -2.50. The summed E-state index contributed by atoms with van der Waals surface area (Å²) in [6.07, 6.45) is -4.54. The minimum absolute atomic E-state index is 0.149. The number of hydrogen-bond acceptors (Lipinski definition) is 2. The standard InChI is InChI=1S/C15H11F3O3/c16-15(17,18)11-4-6-12(7-5-11)21-13-3-1-2-10(8-13)9-14(19)20/h1-8H,9H2,(H,19,20). The highest BCUT2D eigenvalue weighted by Gasteiger charge is 2.30. The van der Waals surface area contributed by atoms with Crippen LogP contribution in [0.2, 0.25) is 0 Å². The van der Waals surface area contributed by atoms with Crippen LogP contribution < -0.4 is 4.74 Å². The molecule has 0 aliphatic carbocycles. The Bertz CT molecular complexity index is 633. The van der Waals surface area contributed by atoms with E-state index in [2.05, 4.69) is 0 Å². The number of carboxylic acids is 1. The fourth-order valence-corrected chi connectivity index (χ4v) is 1.74. The Kier molecular flexibility index (Phi) is 4.16. The third-order valence-corrected chi connectivity index (χ3v) is 2.67. The van der Waals surface area contributed by atoms with Gasteiger partial charge in [-0.2, -0.15) is 13.2 Å². The van der Waals surface area contributed by atoms with E-state index in [1.54, 1.807) is 18.2 Å². The van der Waals surface area contributed by atoms with Gasteiger partial charge < -0.3 is 9.84 Å². The van der Waals surface area contributed by atoms with E-state index in [4.69, 9.17) is 9.84 Å². The third kappa shape index (κ3) is 4.24. The van der Waals surface area contributed by atoms with E-state index < -0.39 is 17.7 Å².